The highest BCUT2D eigenvalue weighted by Crippen LogP contribution is 2.12. The fourth-order valence-corrected chi connectivity index (χ4v) is 2.41. The summed E-state index contributed by atoms with van der Waals surface area (Å²) in [6, 6.07) is 18.7. The van der Waals surface area contributed by atoms with Crippen LogP contribution in [0.15, 0.2) is 84.4 Å². The summed E-state index contributed by atoms with van der Waals surface area (Å²) in [6.45, 7) is 0. The number of carbonyl (C=O) groups is 1. The zero-order valence-corrected chi connectivity index (χ0v) is 13.9. The number of hydrogen-bond donors (Lipinski definition) is 2. The minimum atomic E-state index is 0.594. The van der Waals surface area contributed by atoms with Crippen LogP contribution >= 0.6 is 0 Å². The maximum atomic E-state index is 10.4. The summed E-state index contributed by atoms with van der Waals surface area (Å²) in [5, 5.41) is 4.86. The smallest absolute Gasteiger partial charge is 0.150 e. The van der Waals surface area contributed by atoms with Crippen LogP contribution < -0.4 is 5.84 Å². The van der Waals surface area contributed by atoms with Gasteiger partial charge in [-0.3, -0.25) is 14.8 Å². The number of fused-ring (bicyclic) bond motifs is 1. The summed E-state index contributed by atoms with van der Waals surface area (Å²) in [5.41, 5.74) is 3.75. The quantitative estimate of drug-likeness (QED) is 0.258. The number of carbonyl (C=O) groups excluding carboxylic acids is 1. The first-order chi connectivity index (χ1) is 12.8. The number of aromatic amines is 1. The molecule has 1 aromatic carbocycles. The molecule has 4 rings (SSSR count). The molecule has 0 saturated heterocycles. The Morgan fingerprint density at radius 3 is 2.19 bits per heavy atom. The highest BCUT2D eigenvalue weighted by molar-refractivity contribution is 6.10. The van der Waals surface area contributed by atoms with Gasteiger partial charge in [0.05, 0.1) is 11.4 Å². The third-order valence-electron chi connectivity index (χ3n) is 3.66. The fourth-order valence-electron chi connectivity index (χ4n) is 2.41. The van der Waals surface area contributed by atoms with Gasteiger partial charge in [-0.25, -0.2) is 0 Å². The molecule has 0 unspecified atom stereocenters. The van der Waals surface area contributed by atoms with Gasteiger partial charge >= 0.3 is 0 Å². The Bertz CT molecular complexity index is 969. The van der Waals surface area contributed by atoms with Crippen molar-refractivity contribution in [3.63, 3.8) is 0 Å². The second-order valence-electron chi connectivity index (χ2n) is 5.35. The van der Waals surface area contributed by atoms with Crippen molar-refractivity contribution in [2.24, 2.45) is 10.9 Å². The summed E-state index contributed by atoms with van der Waals surface area (Å²) in [5.74, 6) is 5.34. The van der Waals surface area contributed by atoms with E-state index in [-0.39, 0.29) is 0 Å². The lowest BCUT2D eigenvalue weighted by Crippen LogP contribution is -2.09. The van der Waals surface area contributed by atoms with E-state index in [9.17, 15) is 4.79 Å². The summed E-state index contributed by atoms with van der Waals surface area (Å²) < 4.78 is 0. The highest BCUT2D eigenvalue weighted by atomic mass is 16.1. The Labute approximate surface area is 150 Å². The molecule has 3 aromatic heterocycles. The molecule has 0 spiro atoms. The van der Waals surface area contributed by atoms with Gasteiger partial charge in [0.15, 0.2) is 0 Å². The van der Waals surface area contributed by atoms with Crippen LogP contribution in [0.2, 0.25) is 0 Å². The van der Waals surface area contributed by atoms with E-state index in [0.717, 1.165) is 28.6 Å². The maximum Gasteiger partial charge on any atom is 0.150 e. The van der Waals surface area contributed by atoms with E-state index >= 15 is 0 Å². The van der Waals surface area contributed by atoms with Crippen LogP contribution in [0.5, 0.6) is 0 Å². The van der Waals surface area contributed by atoms with Crippen molar-refractivity contribution in [1.29, 1.82) is 0 Å². The molecule has 0 bridgehead atoms. The molecule has 0 radical (unpaired) electrons. The van der Waals surface area contributed by atoms with Crippen LogP contribution in [-0.4, -0.2) is 26.9 Å². The Hall–Kier alpha value is -3.80. The Morgan fingerprint density at radius 1 is 0.962 bits per heavy atom. The van der Waals surface area contributed by atoms with Crippen LogP contribution in [0.3, 0.4) is 0 Å². The predicted molar refractivity (Wildman–Crippen MR) is 102 cm³/mol. The third kappa shape index (κ3) is 3.99. The first kappa shape index (κ1) is 17.0. The molecule has 3 heterocycles. The van der Waals surface area contributed by atoms with Gasteiger partial charge < -0.3 is 10.8 Å². The van der Waals surface area contributed by atoms with Gasteiger partial charge in [0.25, 0.3) is 0 Å². The molecule has 0 saturated carbocycles. The molecule has 128 valence electrons. The second kappa shape index (κ2) is 8.34. The molecular weight excluding hydrogens is 326 g/mol. The number of pyridine rings is 2. The molecule has 26 heavy (non-hydrogen) atoms. The van der Waals surface area contributed by atoms with E-state index < -0.39 is 0 Å². The summed E-state index contributed by atoms with van der Waals surface area (Å²) in [7, 11) is 0. The zero-order valence-electron chi connectivity index (χ0n) is 13.9. The minimum absolute atomic E-state index is 0.594. The van der Waals surface area contributed by atoms with Gasteiger partial charge in [-0.2, -0.15) is 5.10 Å². The van der Waals surface area contributed by atoms with Crippen LogP contribution in [0.1, 0.15) is 21.7 Å². The average molecular weight is 343 g/mol. The average Bonchev–Trinajstić information content (AvgIpc) is 3.18. The predicted octanol–water partition coefficient (Wildman–Crippen LogP) is 3.17. The molecule has 0 aliphatic heterocycles. The Morgan fingerprint density at radius 2 is 1.65 bits per heavy atom. The fraction of sp³-hybridized carbons (Fsp3) is 0. The molecular formula is C20H17N5O. The highest BCUT2D eigenvalue weighted by Gasteiger charge is 2.07. The van der Waals surface area contributed by atoms with Crippen molar-refractivity contribution in [1.82, 2.24) is 15.0 Å². The van der Waals surface area contributed by atoms with Gasteiger partial charge in [-0.15, -0.1) is 0 Å². The lowest BCUT2D eigenvalue weighted by atomic mass is 10.1. The number of H-pyrrole nitrogens is 1. The number of nitrogens with zero attached hydrogens (tertiary/aromatic N) is 3. The lowest BCUT2D eigenvalue weighted by molar-refractivity contribution is 0.112. The monoisotopic (exact) mass is 343 g/mol. The SMILES string of the molecule is NN=C(c1ccccn1)c1ccccn1.O=Cc1ccc2cc[nH]c2c1. The number of aromatic nitrogens is 3. The number of nitrogens with two attached hydrogens (primary N) is 1. The number of nitrogens with one attached hydrogen (secondary N) is 1. The zero-order chi connectivity index (χ0) is 18.2. The van der Waals surface area contributed by atoms with Crippen molar-refractivity contribution >= 4 is 22.9 Å². The molecule has 6 heteroatoms. The van der Waals surface area contributed by atoms with E-state index in [0.29, 0.717) is 11.3 Å². The first-order valence-corrected chi connectivity index (χ1v) is 7.95. The number of hydrazone groups is 1. The molecule has 0 aliphatic carbocycles. The van der Waals surface area contributed by atoms with Crippen LogP contribution in [0.25, 0.3) is 10.9 Å². The first-order valence-electron chi connectivity index (χ1n) is 7.95. The Kier molecular flexibility index (Phi) is 5.47. The molecule has 3 N–H and O–H groups in total. The van der Waals surface area contributed by atoms with Crippen molar-refractivity contribution in [2.45, 2.75) is 0 Å². The van der Waals surface area contributed by atoms with Gasteiger partial charge in [0, 0.05) is 29.7 Å². The van der Waals surface area contributed by atoms with Crippen molar-refractivity contribution < 1.29 is 4.79 Å². The number of rotatable bonds is 3. The number of benzene rings is 1. The van der Waals surface area contributed by atoms with E-state index in [4.69, 9.17) is 5.84 Å². The Balaban J connectivity index is 0.000000158. The summed E-state index contributed by atoms with van der Waals surface area (Å²) in [4.78, 5) is 21.7. The van der Waals surface area contributed by atoms with Crippen LogP contribution in [-0.2, 0) is 0 Å². The summed E-state index contributed by atoms with van der Waals surface area (Å²) in [6.07, 6.45) is 6.10. The van der Waals surface area contributed by atoms with Crippen LogP contribution in [0, 0.1) is 0 Å². The van der Waals surface area contributed by atoms with E-state index in [1.54, 1.807) is 12.4 Å². The minimum Gasteiger partial charge on any atom is -0.361 e. The normalized spacial score (nSPS) is 9.85. The standard InChI is InChI=1S/C11H10N4.C9H7NO/c12-15-11(9-5-1-3-7-13-9)10-6-2-4-8-14-10;11-6-7-1-2-8-3-4-10-9(8)5-7/h1-8H,12H2;1-6,10H. The van der Waals surface area contributed by atoms with Crippen LogP contribution in [0.4, 0.5) is 0 Å². The summed E-state index contributed by atoms with van der Waals surface area (Å²) >= 11 is 0. The van der Waals surface area contributed by atoms with E-state index in [2.05, 4.69) is 20.1 Å². The van der Waals surface area contributed by atoms with E-state index in [1.807, 2.05) is 66.9 Å². The second-order valence-corrected chi connectivity index (χ2v) is 5.35. The molecule has 4 aromatic rings. The number of aldehydes is 1. The van der Waals surface area contributed by atoms with E-state index in [1.165, 1.54) is 0 Å². The third-order valence-corrected chi connectivity index (χ3v) is 3.66. The molecule has 0 aliphatic rings. The van der Waals surface area contributed by atoms with Gasteiger partial charge in [0.2, 0.25) is 0 Å². The maximum absolute atomic E-state index is 10.4. The number of hydrogen-bond acceptors (Lipinski definition) is 5. The van der Waals surface area contributed by atoms with Crippen molar-refractivity contribution in [2.75, 3.05) is 0 Å². The van der Waals surface area contributed by atoms with Crippen molar-refractivity contribution in [3.05, 3.63) is 96.2 Å². The lowest BCUT2D eigenvalue weighted by Gasteiger charge is -2.02. The van der Waals surface area contributed by atoms with Gasteiger partial charge in [-0.05, 0) is 41.8 Å². The topological polar surface area (TPSA) is 97.0 Å². The van der Waals surface area contributed by atoms with Gasteiger partial charge in [-0.1, -0.05) is 24.3 Å². The van der Waals surface area contributed by atoms with Crippen molar-refractivity contribution in [3.8, 4) is 0 Å². The molecule has 6 nitrogen and oxygen atoms in total. The molecule has 0 atom stereocenters. The largest absolute Gasteiger partial charge is 0.361 e. The molecule has 0 fully saturated rings. The van der Waals surface area contributed by atoms with Gasteiger partial charge in [0.1, 0.15) is 12.0 Å². The molecule has 0 amide bonds.